The number of ether oxygens (including phenoxy) is 1. The van der Waals surface area contributed by atoms with E-state index in [0.29, 0.717) is 6.42 Å². The van der Waals surface area contributed by atoms with Gasteiger partial charge in [0.05, 0.1) is 0 Å². The van der Waals surface area contributed by atoms with Crippen molar-refractivity contribution in [2.45, 2.75) is 160 Å². The van der Waals surface area contributed by atoms with Gasteiger partial charge in [-0.15, -0.1) is 0 Å². The van der Waals surface area contributed by atoms with Crippen LogP contribution in [0.25, 0.3) is 0 Å². The van der Waals surface area contributed by atoms with Gasteiger partial charge in [-0.25, -0.2) is 0 Å². The molecule has 0 aliphatic rings. The van der Waals surface area contributed by atoms with Crippen molar-refractivity contribution < 1.29 is 9.53 Å². The van der Waals surface area contributed by atoms with Crippen LogP contribution in [0.2, 0.25) is 28.6 Å². The summed E-state index contributed by atoms with van der Waals surface area (Å²) in [5, 5.41) is 0. The Balaban J connectivity index is 6.72. The first-order valence-electron chi connectivity index (χ1n) is 15.7. The fourth-order valence-electron chi connectivity index (χ4n) is 6.45. The number of carbonyl (C=O) groups is 1. The van der Waals surface area contributed by atoms with Gasteiger partial charge in [-0.1, -0.05) is 0 Å². The van der Waals surface area contributed by atoms with Gasteiger partial charge in [0.2, 0.25) is 0 Å². The van der Waals surface area contributed by atoms with E-state index in [9.17, 15) is 4.79 Å². The van der Waals surface area contributed by atoms with Crippen molar-refractivity contribution in [3.8, 4) is 0 Å². The van der Waals surface area contributed by atoms with Crippen LogP contribution in [0.3, 0.4) is 0 Å². The van der Waals surface area contributed by atoms with E-state index < -0.39 is 36.8 Å². The van der Waals surface area contributed by atoms with Crippen molar-refractivity contribution in [2.75, 3.05) is 7.11 Å². The van der Waals surface area contributed by atoms with Crippen LogP contribution < -0.4 is 0 Å². The van der Waals surface area contributed by atoms with E-state index in [4.69, 9.17) is 4.74 Å². The Kier molecular flexibility index (Phi) is 23.3. The quantitative estimate of drug-likeness (QED) is 0.0568. The molecule has 208 valence electrons. The van der Waals surface area contributed by atoms with E-state index in [1.54, 1.807) is 26.6 Å². The molecule has 0 rings (SSSR count). The SMILES string of the molecule is CCC[CH2][Sn]([CH2]CCC)([CH2]CCC)[CH](/C=C/CCC(=O)OC)[Sn]([CH2]CCC)([CH2]CCC)[CH2]CCC. The zero-order chi connectivity index (χ0) is 26.4. The van der Waals surface area contributed by atoms with E-state index in [-0.39, 0.29) is 5.97 Å². The van der Waals surface area contributed by atoms with Gasteiger partial charge in [-0.3, -0.25) is 0 Å². The standard InChI is InChI=1S/C7H10O2.6C4H9.2Sn/c1-3-4-5-6-7(8)9-2;6*1-3-4-2;;/h1,3-4H,5-6H2,2H3;6*1,3-4H2,2H3;;/b4-3+;;;;;;;;. The maximum atomic E-state index is 11.9. The van der Waals surface area contributed by atoms with Gasteiger partial charge < -0.3 is 0 Å². The van der Waals surface area contributed by atoms with Crippen LogP contribution in [0.1, 0.15) is 131 Å². The minimum absolute atomic E-state index is 0.0540. The molecule has 0 spiro atoms. The third-order valence-electron chi connectivity index (χ3n) is 8.56. The molecule has 0 aliphatic heterocycles. The predicted molar refractivity (Wildman–Crippen MR) is 164 cm³/mol. The summed E-state index contributed by atoms with van der Waals surface area (Å²) in [5.41, 5.74) is 0. The summed E-state index contributed by atoms with van der Waals surface area (Å²) in [6.45, 7) is 14.5. The van der Waals surface area contributed by atoms with Gasteiger partial charge in [-0.2, -0.15) is 0 Å². The Labute approximate surface area is 230 Å². The van der Waals surface area contributed by atoms with Crippen molar-refractivity contribution in [1.29, 1.82) is 0 Å². The summed E-state index contributed by atoms with van der Waals surface area (Å²) in [7, 11) is 1.53. The van der Waals surface area contributed by atoms with Crippen LogP contribution in [-0.2, 0) is 9.53 Å². The average Bonchev–Trinajstić information content (AvgIpc) is 2.88. The molecule has 0 aromatic heterocycles. The van der Waals surface area contributed by atoms with Gasteiger partial charge in [0.15, 0.2) is 0 Å². The average molecular weight is 706 g/mol. The normalized spacial score (nSPS) is 12.7. The zero-order valence-corrected chi connectivity index (χ0v) is 30.9. The molecule has 0 unspecified atom stereocenters. The third kappa shape index (κ3) is 14.0. The molecule has 2 nitrogen and oxygen atoms in total. The molecule has 0 atom stereocenters. The summed E-state index contributed by atoms with van der Waals surface area (Å²) in [6, 6.07) is 0. The Morgan fingerprint density at radius 2 is 0.943 bits per heavy atom. The number of carbonyl (C=O) groups excluding carboxylic acids is 1. The minimum atomic E-state index is -2.47. The van der Waals surface area contributed by atoms with Gasteiger partial charge >= 0.3 is 232 Å². The molecule has 4 heteroatoms. The molecule has 0 aromatic rings. The van der Waals surface area contributed by atoms with Crippen LogP contribution in [0.15, 0.2) is 12.2 Å². The fourth-order valence-corrected chi connectivity index (χ4v) is 82.4. The Bertz CT molecular complexity index is 457. The molecular formula is C31H64O2Sn2. The Hall–Kier alpha value is 0.807. The molecule has 0 radical (unpaired) electrons. The van der Waals surface area contributed by atoms with Gasteiger partial charge in [0.25, 0.3) is 0 Å². The first-order valence-corrected chi connectivity index (χ1v) is 31.1. The summed E-state index contributed by atoms with van der Waals surface area (Å²) in [6.07, 6.45) is 23.7. The topological polar surface area (TPSA) is 26.3 Å². The molecule has 35 heavy (non-hydrogen) atoms. The second-order valence-electron chi connectivity index (χ2n) is 11.4. The van der Waals surface area contributed by atoms with Crippen molar-refractivity contribution in [3.05, 3.63) is 12.2 Å². The van der Waals surface area contributed by atoms with E-state index in [1.165, 1.54) is 84.2 Å². The second kappa shape index (κ2) is 22.8. The van der Waals surface area contributed by atoms with Gasteiger partial charge in [0.1, 0.15) is 0 Å². The first kappa shape index (κ1) is 35.8. The molecule has 0 saturated heterocycles. The van der Waals surface area contributed by atoms with E-state index in [2.05, 4.69) is 53.7 Å². The van der Waals surface area contributed by atoms with E-state index >= 15 is 0 Å². The Morgan fingerprint density at radius 1 is 0.629 bits per heavy atom. The summed E-state index contributed by atoms with van der Waals surface area (Å²) < 4.78 is 15.7. The summed E-state index contributed by atoms with van der Waals surface area (Å²) in [5.74, 6) is -0.0540. The number of hydrogen-bond acceptors (Lipinski definition) is 2. The zero-order valence-electron chi connectivity index (χ0n) is 25.2. The van der Waals surface area contributed by atoms with Gasteiger partial charge in [-0.05, 0) is 0 Å². The second-order valence-corrected chi connectivity index (χ2v) is 43.7. The third-order valence-corrected chi connectivity index (χ3v) is 63.7. The van der Waals surface area contributed by atoms with Crippen molar-refractivity contribution in [1.82, 2.24) is 0 Å². The summed E-state index contributed by atoms with van der Waals surface area (Å²) >= 11 is -4.93. The number of unbranched alkanes of at least 4 members (excludes halogenated alkanes) is 6. The fraction of sp³-hybridized carbons (Fsp3) is 0.903. The number of methoxy groups -OCH3 is 1. The number of allylic oxidation sites excluding steroid dienone is 2. The van der Waals surface area contributed by atoms with Crippen LogP contribution in [0, 0.1) is 0 Å². The van der Waals surface area contributed by atoms with Crippen molar-refractivity contribution in [2.24, 2.45) is 0 Å². The van der Waals surface area contributed by atoms with E-state index in [0.717, 1.165) is 8.37 Å². The number of rotatable bonds is 24. The number of esters is 1. The molecule has 0 saturated carbocycles. The monoisotopic (exact) mass is 708 g/mol. The maximum absolute atomic E-state index is 11.9. The molecule has 0 heterocycles. The molecule has 0 bridgehead atoms. The molecule has 0 amide bonds. The predicted octanol–water partition coefficient (Wildman–Crippen LogP) is 11.1. The molecule has 0 fully saturated rings. The van der Waals surface area contributed by atoms with Crippen LogP contribution >= 0.6 is 0 Å². The molecular weight excluding hydrogens is 642 g/mol. The first-order chi connectivity index (χ1) is 17.0. The molecule has 0 aromatic carbocycles. The summed E-state index contributed by atoms with van der Waals surface area (Å²) in [4.78, 5) is 11.9. The Morgan fingerprint density at radius 3 is 1.20 bits per heavy atom. The molecule has 0 N–H and O–H groups in total. The van der Waals surface area contributed by atoms with Gasteiger partial charge in [0, 0.05) is 0 Å². The van der Waals surface area contributed by atoms with Crippen LogP contribution in [-0.4, -0.2) is 49.8 Å². The van der Waals surface area contributed by atoms with E-state index in [1.807, 2.05) is 0 Å². The van der Waals surface area contributed by atoms with Crippen LogP contribution in [0.4, 0.5) is 0 Å². The number of hydrogen-bond donors (Lipinski definition) is 0. The van der Waals surface area contributed by atoms with Crippen molar-refractivity contribution in [3.63, 3.8) is 0 Å². The van der Waals surface area contributed by atoms with Crippen molar-refractivity contribution >= 4 is 42.7 Å². The van der Waals surface area contributed by atoms with Crippen LogP contribution in [0.5, 0.6) is 0 Å². The molecule has 0 aliphatic carbocycles.